The fraction of sp³-hybridized carbons (Fsp3) is 0.500. The largest absolute Gasteiger partial charge is 0.496 e. The fourth-order valence-corrected chi connectivity index (χ4v) is 1.91. The zero-order chi connectivity index (χ0) is 13.7. The van der Waals surface area contributed by atoms with Crippen LogP contribution in [-0.2, 0) is 6.42 Å². The minimum absolute atomic E-state index is 0.0959. The highest BCUT2D eigenvalue weighted by Crippen LogP contribution is 2.24. The lowest BCUT2D eigenvalue weighted by molar-refractivity contribution is 0.235. The van der Waals surface area contributed by atoms with E-state index in [2.05, 4.69) is 41.9 Å². The summed E-state index contributed by atoms with van der Waals surface area (Å²) in [6, 6.07) is 6.25. The van der Waals surface area contributed by atoms with Crippen molar-refractivity contribution in [1.82, 2.24) is 4.90 Å². The van der Waals surface area contributed by atoms with Crippen LogP contribution in [0.4, 0.5) is 4.79 Å². The number of carbonyl (C=O) groups is 1. The smallest absolute Gasteiger partial charge is 0.289 e. The van der Waals surface area contributed by atoms with Crippen LogP contribution in [0.5, 0.6) is 5.75 Å². The van der Waals surface area contributed by atoms with Crippen LogP contribution >= 0.6 is 15.9 Å². The van der Waals surface area contributed by atoms with Gasteiger partial charge in [0.15, 0.2) is 0 Å². The molecule has 1 aromatic carbocycles. The first-order valence-corrected chi connectivity index (χ1v) is 6.82. The highest BCUT2D eigenvalue weighted by Gasteiger charge is 2.09. The number of nitrogens with zero attached hydrogens (tertiary/aromatic N) is 1. The molecule has 0 fully saturated rings. The summed E-state index contributed by atoms with van der Waals surface area (Å²) >= 11 is 2.94. The van der Waals surface area contributed by atoms with Gasteiger partial charge in [0, 0.05) is 29.5 Å². The third-order valence-corrected chi connectivity index (χ3v) is 3.59. The van der Waals surface area contributed by atoms with Crippen molar-refractivity contribution in [2.75, 3.05) is 20.7 Å². The van der Waals surface area contributed by atoms with Crippen molar-refractivity contribution < 1.29 is 9.53 Å². The second kappa shape index (κ2) is 6.78. The van der Waals surface area contributed by atoms with Crippen LogP contribution < -0.4 is 4.74 Å². The van der Waals surface area contributed by atoms with Crippen LogP contribution in [0.3, 0.4) is 0 Å². The topological polar surface area (TPSA) is 29.5 Å². The molecule has 0 bridgehead atoms. The van der Waals surface area contributed by atoms with Crippen LogP contribution in [0.1, 0.15) is 30.9 Å². The SMILES string of the molecule is COc1ccc(C(C)C)cc1CCN(C)C(=O)Br. The Balaban J connectivity index is 2.84. The van der Waals surface area contributed by atoms with E-state index in [0.29, 0.717) is 12.5 Å². The van der Waals surface area contributed by atoms with Gasteiger partial charge in [-0.15, -0.1) is 0 Å². The third-order valence-electron chi connectivity index (χ3n) is 2.99. The number of benzene rings is 1. The molecule has 0 aromatic heterocycles. The summed E-state index contributed by atoms with van der Waals surface area (Å²) in [5.74, 6) is 1.38. The van der Waals surface area contributed by atoms with E-state index in [0.717, 1.165) is 17.7 Å². The summed E-state index contributed by atoms with van der Waals surface area (Å²) < 4.78 is 5.36. The predicted octanol–water partition coefficient (Wildman–Crippen LogP) is 3.81. The summed E-state index contributed by atoms with van der Waals surface area (Å²) in [5, 5.41) is 0. The van der Waals surface area contributed by atoms with Crippen molar-refractivity contribution in [3.8, 4) is 5.75 Å². The predicted molar refractivity (Wildman–Crippen MR) is 77.7 cm³/mol. The number of hydrogen-bond acceptors (Lipinski definition) is 2. The van der Waals surface area contributed by atoms with E-state index in [1.165, 1.54) is 5.56 Å². The van der Waals surface area contributed by atoms with E-state index in [1.54, 1.807) is 19.1 Å². The minimum Gasteiger partial charge on any atom is -0.496 e. The normalized spacial score (nSPS) is 10.6. The van der Waals surface area contributed by atoms with Crippen molar-refractivity contribution in [2.24, 2.45) is 0 Å². The number of likely N-dealkylation sites (N-methyl/N-ethyl adjacent to an activating group) is 1. The van der Waals surface area contributed by atoms with Gasteiger partial charge in [-0.05, 0) is 29.5 Å². The first-order chi connectivity index (χ1) is 8.45. The molecule has 0 aliphatic carbocycles. The Morgan fingerprint density at radius 1 is 1.44 bits per heavy atom. The van der Waals surface area contributed by atoms with Crippen LogP contribution in [0.2, 0.25) is 0 Å². The van der Waals surface area contributed by atoms with Gasteiger partial charge in [0.2, 0.25) is 0 Å². The fourth-order valence-electron chi connectivity index (χ4n) is 1.73. The number of amides is 1. The first kappa shape index (κ1) is 15.0. The molecular weight excluding hydrogens is 294 g/mol. The number of ether oxygens (including phenoxy) is 1. The van der Waals surface area contributed by atoms with Crippen molar-refractivity contribution in [1.29, 1.82) is 0 Å². The molecule has 3 nitrogen and oxygen atoms in total. The molecule has 0 saturated heterocycles. The van der Waals surface area contributed by atoms with Gasteiger partial charge in [0.1, 0.15) is 5.75 Å². The maximum atomic E-state index is 11.1. The molecule has 1 aromatic rings. The van der Waals surface area contributed by atoms with E-state index < -0.39 is 0 Å². The molecule has 1 rings (SSSR count). The minimum atomic E-state index is -0.0959. The molecule has 0 radical (unpaired) electrons. The molecule has 18 heavy (non-hydrogen) atoms. The van der Waals surface area contributed by atoms with E-state index >= 15 is 0 Å². The van der Waals surface area contributed by atoms with E-state index in [9.17, 15) is 4.79 Å². The van der Waals surface area contributed by atoms with Gasteiger partial charge in [-0.25, -0.2) is 0 Å². The Hall–Kier alpha value is -1.03. The van der Waals surface area contributed by atoms with E-state index in [-0.39, 0.29) is 4.82 Å². The second-order valence-corrected chi connectivity index (χ2v) is 5.33. The molecule has 0 aliphatic heterocycles. The Morgan fingerprint density at radius 3 is 2.61 bits per heavy atom. The molecule has 4 heteroatoms. The quantitative estimate of drug-likeness (QED) is 0.611. The number of rotatable bonds is 5. The van der Waals surface area contributed by atoms with Gasteiger partial charge in [-0.3, -0.25) is 4.79 Å². The molecule has 0 spiro atoms. The lowest BCUT2D eigenvalue weighted by atomic mass is 9.99. The maximum Gasteiger partial charge on any atom is 0.289 e. The summed E-state index contributed by atoms with van der Waals surface area (Å²) in [7, 11) is 3.45. The number of methoxy groups -OCH3 is 1. The van der Waals surface area contributed by atoms with Crippen LogP contribution in [0.25, 0.3) is 0 Å². The molecule has 0 unspecified atom stereocenters. The van der Waals surface area contributed by atoms with E-state index in [1.807, 2.05) is 6.07 Å². The lowest BCUT2D eigenvalue weighted by Gasteiger charge is -2.16. The second-order valence-electron chi connectivity index (χ2n) is 4.65. The Kier molecular flexibility index (Phi) is 5.66. The van der Waals surface area contributed by atoms with E-state index in [4.69, 9.17) is 4.74 Å². The summed E-state index contributed by atoms with van der Waals surface area (Å²) in [5.41, 5.74) is 2.43. The van der Waals surface area contributed by atoms with Gasteiger partial charge in [0.25, 0.3) is 4.82 Å². The van der Waals surface area contributed by atoms with Crippen LogP contribution in [0, 0.1) is 0 Å². The lowest BCUT2D eigenvalue weighted by Crippen LogP contribution is -2.23. The highest BCUT2D eigenvalue weighted by atomic mass is 79.9. The standard InChI is InChI=1S/C14H20BrNO2/c1-10(2)11-5-6-13(18-4)12(9-11)7-8-16(3)14(15)17/h5-6,9-10H,7-8H2,1-4H3. The molecule has 0 atom stereocenters. The Morgan fingerprint density at radius 2 is 2.11 bits per heavy atom. The molecule has 0 heterocycles. The average Bonchev–Trinajstić information content (AvgIpc) is 2.35. The zero-order valence-electron chi connectivity index (χ0n) is 11.4. The van der Waals surface area contributed by atoms with Crippen LogP contribution in [0.15, 0.2) is 18.2 Å². The van der Waals surface area contributed by atoms with Gasteiger partial charge in [-0.1, -0.05) is 26.0 Å². The van der Waals surface area contributed by atoms with Crippen molar-refractivity contribution >= 4 is 20.7 Å². The maximum absolute atomic E-state index is 11.1. The van der Waals surface area contributed by atoms with Crippen molar-refractivity contribution in [3.63, 3.8) is 0 Å². The summed E-state index contributed by atoms with van der Waals surface area (Å²) in [4.78, 5) is 12.7. The Bertz CT molecular complexity index is 418. The molecule has 100 valence electrons. The molecule has 1 amide bonds. The average molecular weight is 314 g/mol. The Labute approximate surface area is 117 Å². The van der Waals surface area contributed by atoms with Gasteiger partial charge < -0.3 is 9.64 Å². The molecule has 0 N–H and O–H groups in total. The third kappa shape index (κ3) is 4.02. The molecule has 0 aliphatic rings. The number of carbonyl (C=O) groups excluding carboxylic acids is 1. The zero-order valence-corrected chi connectivity index (χ0v) is 13.0. The molecular formula is C14H20BrNO2. The van der Waals surface area contributed by atoms with Crippen molar-refractivity contribution in [3.05, 3.63) is 29.3 Å². The number of halogens is 1. The summed E-state index contributed by atoms with van der Waals surface area (Å²) in [6.07, 6.45) is 0.789. The highest BCUT2D eigenvalue weighted by molar-refractivity contribution is 9.18. The monoisotopic (exact) mass is 313 g/mol. The van der Waals surface area contributed by atoms with Gasteiger partial charge >= 0.3 is 0 Å². The molecule has 0 saturated carbocycles. The summed E-state index contributed by atoms with van der Waals surface area (Å²) in [6.45, 7) is 5.00. The van der Waals surface area contributed by atoms with Gasteiger partial charge in [0.05, 0.1) is 7.11 Å². The van der Waals surface area contributed by atoms with Gasteiger partial charge in [-0.2, -0.15) is 0 Å². The first-order valence-electron chi connectivity index (χ1n) is 6.03. The van der Waals surface area contributed by atoms with Crippen LogP contribution in [-0.4, -0.2) is 30.4 Å². The van der Waals surface area contributed by atoms with Crippen molar-refractivity contribution in [2.45, 2.75) is 26.2 Å². The number of hydrogen-bond donors (Lipinski definition) is 0.